The summed E-state index contributed by atoms with van der Waals surface area (Å²) in [5, 5.41) is 10.3. The smallest absolute Gasteiger partial charge is 0.255 e. The molecule has 106 valence electrons. The molecule has 0 fully saturated rings. The largest absolute Gasteiger partial charge is 0.319 e. The van der Waals surface area contributed by atoms with Crippen LogP contribution in [-0.2, 0) is 19.6 Å². The highest BCUT2D eigenvalue weighted by Gasteiger charge is 2.13. The quantitative estimate of drug-likeness (QED) is 0.911. The first kappa shape index (κ1) is 14.6. The van der Waals surface area contributed by atoms with Crippen LogP contribution in [0.5, 0.6) is 0 Å². The lowest BCUT2D eigenvalue weighted by molar-refractivity contribution is 0.102. The Morgan fingerprint density at radius 1 is 1.40 bits per heavy atom. The lowest BCUT2D eigenvalue weighted by Gasteiger charge is -2.04. The van der Waals surface area contributed by atoms with Gasteiger partial charge in [-0.05, 0) is 30.2 Å². The molecule has 1 aliphatic rings. The van der Waals surface area contributed by atoms with Crippen molar-refractivity contribution >= 4 is 24.0 Å². The third kappa shape index (κ3) is 2.84. The van der Waals surface area contributed by atoms with Crippen molar-refractivity contribution in [3.63, 3.8) is 0 Å². The van der Waals surface area contributed by atoms with E-state index in [-0.39, 0.29) is 18.3 Å². The first-order valence-electron chi connectivity index (χ1n) is 6.42. The number of amides is 1. The topological polar surface area (TPSA) is 59.0 Å². The highest BCUT2D eigenvalue weighted by Crippen LogP contribution is 2.18. The normalized spacial score (nSPS) is 12.7. The lowest BCUT2D eigenvalue weighted by Crippen LogP contribution is -2.11. The van der Waals surface area contributed by atoms with Gasteiger partial charge in [-0.15, -0.1) is 12.4 Å². The number of hydrogen-bond donors (Lipinski definition) is 2. The minimum absolute atomic E-state index is 0. The summed E-state index contributed by atoms with van der Waals surface area (Å²) in [7, 11) is 0. The summed E-state index contributed by atoms with van der Waals surface area (Å²) in [4.78, 5) is 12.1. The van der Waals surface area contributed by atoms with Crippen LogP contribution < -0.4 is 10.6 Å². The summed E-state index contributed by atoms with van der Waals surface area (Å²) < 4.78 is 1.78. The number of halogens is 1. The second kappa shape index (κ2) is 6.07. The lowest BCUT2D eigenvalue weighted by atomic mass is 10.1. The molecule has 1 aromatic carbocycles. The van der Waals surface area contributed by atoms with E-state index in [0.717, 1.165) is 25.3 Å². The fourth-order valence-corrected chi connectivity index (χ4v) is 2.24. The van der Waals surface area contributed by atoms with E-state index in [1.807, 2.05) is 31.3 Å². The highest BCUT2D eigenvalue weighted by atomic mass is 35.5. The van der Waals surface area contributed by atoms with Gasteiger partial charge >= 0.3 is 0 Å². The molecule has 0 aliphatic carbocycles. The Bertz CT molecular complexity index is 623. The Hall–Kier alpha value is -1.85. The summed E-state index contributed by atoms with van der Waals surface area (Å²) in [5.41, 5.74) is 3.89. The molecule has 3 rings (SSSR count). The molecule has 6 heteroatoms. The van der Waals surface area contributed by atoms with Crippen LogP contribution in [0.15, 0.2) is 30.6 Å². The van der Waals surface area contributed by atoms with E-state index in [9.17, 15) is 4.79 Å². The van der Waals surface area contributed by atoms with E-state index in [0.29, 0.717) is 5.56 Å². The number of aryl methyl sites for hydroxylation is 1. The molecule has 20 heavy (non-hydrogen) atoms. The minimum atomic E-state index is -0.0923. The van der Waals surface area contributed by atoms with Crippen LogP contribution in [0.1, 0.15) is 28.4 Å². The van der Waals surface area contributed by atoms with Crippen LogP contribution in [0.4, 0.5) is 5.69 Å². The van der Waals surface area contributed by atoms with Crippen molar-refractivity contribution < 1.29 is 4.79 Å². The number of benzene rings is 1. The minimum Gasteiger partial charge on any atom is -0.319 e. The standard InChI is InChI=1S/C14H16N4O.ClH/c1-2-18-9-13(8-16-18)17-14(19)10-3-4-11-6-15-7-12(11)5-10;/h3-5,8-9,15H,2,6-7H2,1H3,(H,17,19);1H. The van der Waals surface area contributed by atoms with Crippen LogP contribution in [0.3, 0.4) is 0 Å². The van der Waals surface area contributed by atoms with Crippen LogP contribution in [-0.4, -0.2) is 15.7 Å². The molecule has 2 aromatic rings. The molecule has 5 nitrogen and oxygen atoms in total. The SMILES string of the molecule is CCn1cc(NC(=O)c2ccc3c(c2)CNC3)cn1.Cl. The Balaban J connectivity index is 0.00000147. The van der Waals surface area contributed by atoms with Crippen molar-refractivity contribution in [2.75, 3.05) is 5.32 Å². The molecule has 1 aliphatic heterocycles. The molecule has 0 atom stereocenters. The van der Waals surface area contributed by atoms with Crippen LogP contribution in [0.25, 0.3) is 0 Å². The number of anilines is 1. The average Bonchev–Trinajstić information content (AvgIpc) is 3.05. The van der Waals surface area contributed by atoms with Crippen LogP contribution in [0.2, 0.25) is 0 Å². The number of fused-ring (bicyclic) bond motifs is 1. The number of hydrogen-bond acceptors (Lipinski definition) is 3. The second-order valence-electron chi connectivity index (χ2n) is 4.63. The molecule has 0 spiro atoms. The number of aromatic nitrogens is 2. The van der Waals surface area contributed by atoms with Gasteiger partial charge in [-0.1, -0.05) is 6.07 Å². The zero-order chi connectivity index (χ0) is 13.2. The average molecular weight is 293 g/mol. The third-order valence-electron chi connectivity index (χ3n) is 3.31. The Labute approximate surface area is 123 Å². The zero-order valence-electron chi connectivity index (χ0n) is 11.2. The molecule has 0 radical (unpaired) electrons. The van der Waals surface area contributed by atoms with Crippen molar-refractivity contribution in [3.05, 3.63) is 47.3 Å². The van der Waals surface area contributed by atoms with E-state index in [2.05, 4.69) is 15.7 Å². The van der Waals surface area contributed by atoms with E-state index in [1.165, 1.54) is 11.1 Å². The predicted molar refractivity (Wildman–Crippen MR) is 80.1 cm³/mol. The van der Waals surface area contributed by atoms with Gasteiger partial charge < -0.3 is 10.6 Å². The molecule has 1 aromatic heterocycles. The van der Waals surface area contributed by atoms with Crippen LogP contribution in [0, 0.1) is 0 Å². The summed E-state index contributed by atoms with van der Waals surface area (Å²) in [6, 6.07) is 5.83. The fourth-order valence-electron chi connectivity index (χ4n) is 2.24. The zero-order valence-corrected chi connectivity index (χ0v) is 12.0. The van der Waals surface area contributed by atoms with Crippen LogP contribution >= 0.6 is 12.4 Å². The maximum atomic E-state index is 12.1. The van der Waals surface area contributed by atoms with Gasteiger partial charge in [0.2, 0.25) is 0 Å². The van der Waals surface area contributed by atoms with Crippen molar-refractivity contribution in [2.45, 2.75) is 26.6 Å². The second-order valence-corrected chi connectivity index (χ2v) is 4.63. The van der Waals surface area contributed by atoms with E-state index < -0.39 is 0 Å². The van der Waals surface area contributed by atoms with Crippen molar-refractivity contribution in [2.24, 2.45) is 0 Å². The molecule has 2 N–H and O–H groups in total. The van der Waals surface area contributed by atoms with Crippen molar-refractivity contribution in [1.82, 2.24) is 15.1 Å². The monoisotopic (exact) mass is 292 g/mol. The maximum absolute atomic E-state index is 12.1. The van der Waals surface area contributed by atoms with Gasteiger partial charge in [0.15, 0.2) is 0 Å². The Morgan fingerprint density at radius 3 is 2.95 bits per heavy atom. The Morgan fingerprint density at radius 2 is 2.20 bits per heavy atom. The van der Waals surface area contributed by atoms with E-state index in [1.54, 1.807) is 10.9 Å². The third-order valence-corrected chi connectivity index (χ3v) is 3.31. The molecular formula is C14H17ClN4O. The number of nitrogens with one attached hydrogen (secondary N) is 2. The molecule has 2 heterocycles. The first-order chi connectivity index (χ1) is 9.26. The fraction of sp³-hybridized carbons (Fsp3) is 0.286. The molecule has 0 saturated heterocycles. The van der Waals surface area contributed by atoms with E-state index >= 15 is 0 Å². The molecule has 0 unspecified atom stereocenters. The summed E-state index contributed by atoms with van der Waals surface area (Å²) in [5.74, 6) is -0.0923. The van der Waals surface area contributed by atoms with Gasteiger partial charge in [-0.25, -0.2) is 0 Å². The molecule has 0 bridgehead atoms. The van der Waals surface area contributed by atoms with Gasteiger partial charge in [0.05, 0.1) is 11.9 Å². The molecule has 1 amide bonds. The molecule has 0 saturated carbocycles. The summed E-state index contributed by atoms with van der Waals surface area (Å²) in [6.45, 7) is 4.53. The van der Waals surface area contributed by atoms with Gasteiger partial charge in [0, 0.05) is 31.4 Å². The molecular weight excluding hydrogens is 276 g/mol. The van der Waals surface area contributed by atoms with Gasteiger partial charge in [0.1, 0.15) is 0 Å². The van der Waals surface area contributed by atoms with Gasteiger partial charge in [0.25, 0.3) is 5.91 Å². The van der Waals surface area contributed by atoms with Gasteiger partial charge in [-0.2, -0.15) is 5.10 Å². The maximum Gasteiger partial charge on any atom is 0.255 e. The van der Waals surface area contributed by atoms with Crippen molar-refractivity contribution in [3.8, 4) is 0 Å². The predicted octanol–water partition coefficient (Wildman–Crippen LogP) is 2.18. The van der Waals surface area contributed by atoms with Crippen molar-refractivity contribution in [1.29, 1.82) is 0 Å². The number of carbonyl (C=O) groups is 1. The Kier molecular flexibility index (Phi) is 4.42. The number of carbonyl (C=O) groups excluding carboxylic acids is 1. The number of rotatable bonds is 3. The first-order valence-corrected chi connectivity index (χ1v) is 6.42. The number of nitrogens with zero attached hydrogens (tertiary/aromatic N) is 2. The highest BCUT2D eigenvalue weighted by molar-refractivity contribution is 6.04. The summed E-state index contributed by atoms with van der Waals surface area (Å²) in [6.07, 6.45) is 3.49. The van der Waals surface area contributed by atoms with Gasteiger partial charge in [-0.3, -0.25) is 9.48 Å². The van der Waals surface area contributed by atoms with E-state index in [4.69, 9.17) is 0 Å². The summed E-state index contributed by atoms with van der Waals surface area (Å²) >= 11 is 0.